The molecule has 3 atom stereocenters. The fourth-order valence-electron chi connectivity index (χ4n) is 4.31. The molecule has 0 saturated carbocycles. The van der Waals surface area contributed by atoms with Crippen molar-refractivity contribution in [2.45, 2.75) is 38.3 Å². The van der Waals surface area contributed by atoms with Crippen molar-refractivity contribution in [3.63, 3.8) is 0 Å². The summed E-state index contributed by atoms with van der Waals surface area (Å²) in [5.74, 6) is -1.53. The Bertz CT molecular complexity index is 852. The van der Waals surface area contributed by atoms with Crippen LogP contribution in [-0.2, 0) is 9.59 Å². The summed E-state index contributed by atoms with van der Waals surface area (Å²) in [6.07, 6.45) is 1.26. The number of hydrogen-bond donors (Lipinski definition) is 2. The van der Waals surface area contributed by atoms with Crippen molar-refractivity contribution in [2.75, 3.05) is 18.0 Å². The Hall–Kier alpha value is -2.74. The van der Waals surface area contributed by atoms with Gasteiger partial charge in [-0.2, -0.15) is 0 Å². The first kappa shape index (κ1) is 17.7. The highest BCUT2D eigenvalue weighted by Gasteiger charge is 2.45. The first-order chi connectivity index (χ1) is 12.9. The highest BCUT2D eigenvalue weighted by atomic mass is 16.2. The summed E-state index contributed by atoms with van der Waals surface area (Å²) in [6.45, 7) is 3.55. The van der Waals surface area contributed by atoms with Crippen LogP contribution >= 0.6 is 0 Å². The molecule has 0 aromatic heterocycles. The molecule has 8 heteroatoms. The smallest absolute Gasteiger partial charge is 0.262 e. The zero-order chi connectivity index (χ0) is 19.3. The average Bonchev–Trinajstić information content (AvgIpc) is 3.14. The Balaban J connectivity index is 1.62. The van der Waals surface area contributed by atoms with Gasteiger partial charge in [-0.3, -0.25) is 29.4 Å². The number of nitrogens with two attached hydrogens (primary N) is 1. The zero-order valence-electron chi connectivity index (χ0n) is 15.1. The second kappa shape index (κ2) is 6.45. The van der Waals surface area contributed by atoms with Crippen LogP contribution in [0.25, 0.3) is 0 Å². The summed E-state index contributed by atoms with van der Waals surface area (Å²) in [6, 6.07) is 4.59. The third-order valence-corrected chi connectivity index (χ3v) is 5.75. The predicted octanol–water partition coefficient (Wildman–Crippen LogP) is 0.261. The molecule has 3 heterocycles. The van der Waals surface area contributed by atoms with Gasteiger partial charge in [-0.05, 0) is 50.4 Å². The molecule has 0 radical (unpaired) electrons. The number of fused-ring (bicyclic) bond motifs is 1. The molecule has 4 amide bonds. The van der Waals surface area contributed by atoms with Crippen LogP contribution in [0.5, 0.6) is 0 Å². The normalized spacial score (nSPS) is 28.0. The van der Waals surface area contributed by atoms with Crippen molar-refractivity contribution >= 4 is 29.3 Å². The maximum absolute atomic E-state index is 12.9. The molecule has 3 N–H and O–H groups in total. The van der Waals surface area contributed by atoms with E-state index in [0.29, 0.717) is 29.6 Å². The van der Waals surface area contributed by atoms with Crippen LogP contribution in [0.1, 0.15) is 46.9 Å². The van der Waals surface area contributed by atoms with E-state index in [-0.39, 0.29) is 18.7 Å². The number of nitrogens with one attached hydrogen (secondary N) is 1. The molecule has 1 aromatic carbocycles. The fraction of sp³-hybridized carbons (Fsp3) is 0.474. The van der Waals surface area contributed by atoms with Crippen LogP contribution in [0.4, 0.5) is 5.69 Å². The summed E-state index contributed by atoms with van der Waals surface area (Å²) in [7, 11) is 0. The van der Waals surface area contributed by atoms with E-state index < -0.39 is 23.8 Å². The van der Waals surface area contributed by atoms with Crippen LogP contribution in [0.2, 0.25) is 0 Å². The summed E-state index contributed by atoms with van der Waals surface area (Å²) in [5, 5.41) is 2.20. The highest BCUT2D eigenvalue weighted by molar-refractivity contribution is 6.23. The molecule has 0 bridgehead atoms. The van der Waals surface area contributed by atoms with E-state index in [1.54, 1.807) is 12.1 Å². The largest absolute Gasteiger partial charge is 0.368 e. The number of carbonyl (C=O) groups excluding carboxylic acids is 4. The lowest BCUT2D eigenvalue weighted by Gasteiger charge is -2.27. The first-order valence-electron chi connectivity index (χ1n) is 9.23. The number of nitrogens with zero attached hydrogens (tertiary/aromatic N) is 2. The van der Waals surface area contributed by atoms with Crippen LogP contribution < -0.4 is 16.0 Å². The van der Waals surface area contributed by atoms with Crippen molar-refractivity contribution in [3.8, 4) is 0 Å². The third kappa shape index (κ3) is 2.80. The van der Waals surface area contributed by atoms with Gasteiger partial charge in [0.25, 0.3) is 11.8 Å². The molecule has 142 valence electrons. The molecule has 3 unspecified atom stereocenters. The minimum atomic E-state index is -0.939. The van der Waals surface area contributed by atoms with Crippen molar-refractivity contribution < 1.29 is 19.2 Å². The van der Waals surface area contributed by atoms with Gasteiger partial charge in [0.05, 0.1) is 11.1 Å². The van der Waals surface area contributed by atoms with E-state index in [9.17, 15) is 19.2 Å². The number of benzene rings is 1. The molecule has 1 aromatic rings. The number of rotatable bonds is 3. The topological polar surface area (TPSA) is 113 Å². The molecular weight excluding hydrogens is 348 g/mol. The van der Waals surface area contributed by atoms with E-state index in [4.69, 9.17) is 5.73 Å². The van der Waals surface area contributed by atoms with Gasteiger partial charge in [0.1, 0.15) is 6.04 Å². The van der Waals surface area contributed by atoms with Gasteiger partial charge in [0.15, 0.2) is 0 Å². The van der Waals surface area contributed by atoms with E-state index in [0.717, 1.165) is 23.6 Å². The SMILES string of the molecule is CC1CC(CN)CN1c1ccc2c(c1)C(=O)N(C1CCC(=O)NC1=O)C2=O. The van der Waals surface area contributed by atoms with Crippen LogP contribution in [-0.4, -0.2) is 53.7 Å². The number of carbonyl (C=O) groups is 4. The summed E-state index contributed by atoms with van der Waals surface area (Å²) in [4.78, 5) is 52.3. The van der Waals surface area contributed by atoms with Crippen LogP contribution in [0, 0.1) is 5.92 Å². The zero-order valence-corrected chi connectivity index (χ0v) is 15.1. The minimum absolute atomic E-state index is 0.112. The van der Waals surface area contributed by atoms with Gasteiger partial charge in [-0.1, -0.05) is 0 Å². The van der Waals surface area contributed by atoms with Crippen molar-refractivity contribution in [1.82, 2.24) is 10.2 Å². The fourth-order valence-corrected chi connectivity index (χ4v) is 4.31. The predicted molar refractivity (Wildman–Crippen MR) is 97.1 cm³/mol. The van der Waals surface area contributed by atoms with E-state index in [1.165, 1.54) is 0 Å². The molecule has 8 nitrogen and oxygen atoms in total. The van der Waals surface area contributed by atoms with Gasteiger partial charge in [-0.15, -0.1) is 0 Å². The number of imide groups is 2. The average molecular weight is 370 g/mol. The van der Waals surface area contributed by atoms with Gasteiger partial charge in [-0.25, -0.2) is 0 Å². The Kier molecular flexibility index (Phi) is 4.22. The van der Waals surface area contributed by atoms with E-state index >= 15 is 0 Å². The molecule has 0 aliphatic carbocycles. The second-order valence-electron chi connectivity index (χ2n) is 7.52. The summed E-state index contributed by atoms with van der Waals surface area (Å²) < 4.78 is 0. The van der Waals surface area contributed by atoms with Crippen molar-refractivity contribution in [2.24, 2.45) is 11.7 Å². The monoisotopic (exact) mass is 370 g/mol. The van der Waals surface area contributed by atoms with Crippen LogP contribution in [0.15, 0.2) is 18.2 Å². The van der Waals surface area contributed by atoms with Crippen molar-refractivity contribution in [1.29, 1.82) is 0 Å². The maximum atomic E-state index is 12.9. The summed E-state index contributed by atoms with van der Waals surface area (Å²) >= 11 is 0. The molecule has 27 heavy (non-hydrogen) atoms. The Morgan fingerprint density at radius 2 is 1.89 bits per heavy atom. The molecule has 3 aliphatic rings. The quantitative estimate of drug-likeness (QED) is 0.738. The summed E-state index contributed by atoms with van der Waals surface area (Å²) in [5.41, 5.74) is 7.29. The Labute approximate surface area is 156 Å². The Morgan fingerprint density at radius 1 is 1.15 bits per heavy atom. The number of piperidine rings is 1. The molecule has 2 saturated heterocycles. The van der Waals surface area contributed by atoms with E-state index in [1.807, 2.05) is 6.07 Å². The third-order valence-electron chi connectivity index (χ3n) is 5.75. The van der Waals surface area contributed by atoms with Gasteiger partial charge >= 0.3 is 0 Å². The lowest BCUT2D eigenvalue weighted by atomic mass is 10.0. The first-order valence-corrected chi connectivity index (χ1v) is 9.23. The van der Waals surface area contributed by atoms with Crippen LogP contribution in [0.3, 0.4) is 0 Å². The van der Waals surface area contributed by atoms with Gasteiger partial charge in [0, 0.05) is 24.7 Å². The molecule has 4 rings (SSSR count). The maximum Gasteiger partial charge on any atom is 0.262 e. The standard InChI is InChI=1S/C19H22N4O4/c1-10-6-11(8-20)9-22(10)12-2-3-13-14(7-12)19(27)23(18(13)26)15-4-5-16(24)21-17(15)25/h2-3,7,10-11,15H,4-6,8-9,20H2,1H3,(H,21,24,25). The second-order valence-corrected chi connectivity index (χ2v) is 7.52. The van der Waals surface area contributed by atoms with E-state index in [2.05, 4.69) is 17.1 Å². The lowest BCUT2D eigenvalue weighted by molar-refractivity contribution is -0.136. The number of anilines is 1. The molecule has 0 spiro atoms. The molecular formula is C19H22N4O4. The number of hydrogen-bond acceptors (Lipinski definition) is 6. The highest BCUT2D eigenvalue weighted by Crippen LogP contribution is 2.34. The van der Waals surface area contributed by atoms with Gasteiger partial charge in [0.2, 0.25) is 11.8 Å². The minimum Gasteiger partial charge on any atom is -0.368 e. The van der Waals surface area contributed by atoms with Crippen molar-refractivity contribution in [3.05, 3.63) is 29.3 Å². The molecule has 3 aliphatic heterocycles. The Morgan fingerprint density at radius 3 is 2.56 bits per heavy atom. The molecule has 2 fully saturated rings. The lowest BCUT2D eigenvalue weighted by Crippen LogP contribution is -2.54. The van der Waals surface area contributed by atoms with Gasteiger partial charge < -0.3 is 10.6 Å². The number of amides is 4.